The van der Waals surface area contributed by atoms with Gasteiger partial charge >= 0.3 is 6.03 Å². The highest BCUT2D eigenvalue weighted by atomic mass is 79.9. The first-order valence-corrected chi connectivity index (χ1v) is 8.20. The summed E-state index contributed by atoms with van der Waals surface area (Å²) in [6.07, 6.45) is 0. The molecule has 0 radical (unpaired) electrons. The molecule has 0 aromatic heterocycles. The molecule has 0 bridgehead atoms. The van der Waals surface area contributed by atoms with E-state index in [1.165, 1.54) is 0 Å². The van der Waals surface area contributed by atoms with Gasteiger partial charge in [-0.25, -0.2) is 9.80 Å². The van der Waals surface area contributed by atoms with Gasteiger partial charge in [0, 0.05) is 0 Å². The van der Waals surface area contributed by atoms with Crippen LogP contribution in [-0.2, 0) is 4.79 Å². The number of para-hydroxylation sites is 1. The minimum Gasteiger partial charge on any atom is -0.304 e. The van der Waals surface area contributed by atoms with Crippen LogP contribution < -0.4 is 15.6 Å². The first-order chi connectivity index (χ1) is 11.6. The number of urea groups is 1. The second-order valence-electron chi connectivity index (χ2n) is 5.59. The van der Waals surface area contributed by atoms with E-state index in [1.807, 2.05) is 60.7 Å². The van der Waals surface area contributed by atoms with Crippen LogP contribution in [0.25, 0.3) is 0 Å². The van der Waals surface area contributed by atoms with Crippen LogP contribution in [0.2, 0.25) is 0 Å². The average Bonchev–Trinajstić information content (AvgIpc) is 3.05. The lowest BCUT2D eigenvalue weighted by Gasteiger charge is -2.35. The van der Waals surface area contributed by atoms with Crippen molar-refractivity contribution >= 4 is 38.2 Å². The Morgan fingerprint density at radius 1 is 1.00 bits per heavy atom. The summed E-state index contributed by atoms with van der Waals surface area (Å²) >= 11 is 3.49. The van der Waals surface area contributed by atoms with Crippen molar-refractivity contribution in [3.05, 3.63) is 66.2 Å². The lowest BCUT2D eigenvalue weighted by molar-refractivity contribution is -0.124. The molecule has 1 fully saturated rings. The van der Waals surface area contributed by atoms with Crippen LogP contribution in [0.15, 0.2) is 65.8 Å². The van der Waals surface area contributed by atoms with Gasteiger partial charge in [-0.05, 0) is 33.6 Å². The number of hydrogen-bond acceptors (Lipinski definition) is 4. The van der Waals surface area contributed by atoms with Crippen LogP contribution >= 0.6 is 15.9 Å². The van der Waals surface area contributed by atoms with Gasteiger partial charge in [-0.1, -0.05) is 48.5 Å². The summed E-state index contributed by atoms with van der Waals surface area (Å²) in [4.78, 5) is 24.7. The zero-order valence-corrected chi connectivity index (χ0v) is 14.0. The van der Waals surface area contributed by atoms with Crippen molar-refractivity contribution in [2.45, 2.75) is 11.6 Å². The number of amides is 3. The van der Waals surface area contributed by atoms with Gasteiger partial charge in [-0.3, -0.25) is 10.1 Å². The van der Waals surface area contributed by atoms with Gasteiger partial charge in [0.15, 0.2) is 0 Å². The van der Waals surface area contributed by atoms with Crippen molar-refractivity contribution in [1.29, 1.82) is 0 Å². The Kier molecular flexibility index (Phi) is 3.38. The number of nitrogens with one attached hydrogen (secondary N) is 2. The molecule has 6 nitrogen and oxygen atoms in total. The molecule has 0 saturated carbocycles. The maximum Gasteiger partial charge on any atom is 0.323 e. The maximum atomic E-state index is 12.8. The van der Waals surface area contributed by atoms with Crippen molar-refractivity contribution in [1.82, 2.24) is 10.6 Å². The largest absolute Gasteiger partial charge is 0.323 e. The van der Waals surface area contributed by atoms with Crippen LogP contribution in [-0.4, -0.2) is 22.2 Å². The third-order valence-electron chi connectivity index (χ3n) is 4.20. The molecular formula is C17H13BrN4O2. The predicted molar refractivity (Wildman–Crippen MR) is 93.9 cm³/mol. The predicted octanol–water partition coefficient (Wildman–Crippen LogP) is 2.53. The normalized spacial score (nSPS) is 25.6. The summed E-state index contributed by atoms with van der Waals surface area (Å²) in [5, 5.41) is 11.2. The Bertz CT molecular complexity index is 840. The smallest absolute Gasteiger partial charge is 0.304 e. The van der Waals surface area contributed by atoms with E-state index in [0.29, 0.717) is 10.3 Å². The van der Waals surface area contributed by atoms with E-state index in [9.17, 15) is 9.59 Å². The average molecular weight is 385 g/mol. The van der Waals surface area contributed by atoms with Crippen molar-refractivity contribution in [3.8, 4) is 0 Å². The number of hydrogen-bond donors (Lipinski definition) is 2. The number of halogens is 1. The fraction of sp³-hybridized carbons (Fsp3) is 0.118. The number of anilines is 1. The number of rotatable bonds is 2. The first kappa shape index (κ1) is 14.9. The molecule has 2 heterocycles. The molecule has 2 atom stereocenters. The van der Waals surface area contributed by atoms with Crippen molar-refractivity contribution in [2.75, 3.05) is 5.01 Å². The number of hydrazone groups is 1. The van der Waals surface area contributed by atoms with E-state index in [2.05, 4.69) is 31.7 Å². The quantitative estimate of drug-likeness (QED) is 0.781. The lowest BCUT2D eigenvalue weighted by Crippen LogP contribution is -2.60. The van der Waals surface area contributed by atoms with E-state index in [1.54, 1.807) is 5.01 Å². The number of nitrogens with zero attached hydrogens (tertiary/aromatic N) is 2. The molecule has 0 aliphatic carbocycles. The number of carbonyl (C=O) groups is 2. The molecule has 2 aliphatic rings. The molecule has 2 aliphatic heterocycles. The Balaban J connectivity index is 1.90. The summed E-state index contributed by atoms with van der Waals surface area (Å²) in [7, 11) is 0. The maximum absolute atomic E-state index is 12.8. The SMILES string of the molecule is O=C1NC(=O)[C@]2(N1)[C@@H](c1ccccc1)C(Br)=NN2c1ccccc1. The minimum absolute atomic E-state index is 0.427. The Labute approximate surface area is 146 Å². The monoisotopic (exact) mass is 384 g/mol. The molecule has 7 heteroatoms. The summed E-state index contributed by atoms with van der Waals surface area (Å²) in [5.41, 5.74) is 0.257. The first-order valence-electron chi connectivity index (χ1n) is 7.41. The Morgan fingerprint density at radius 3 is 2.21 bits per heavy atom. The summed E-state index contributed by atoms with van der Waals surface area (Å²) in [6.45, 7) is 0. The summed E-state index contributed by atoms with van der Waals surface area (Å²) in [6, 6.07) is 18.3. The number of benzene rings is 2. The molecule has 0 unspecified atom stereocenters. The van der Waals surface area contributed by atoms with Gasteiger partial charge in [0.05, 0.1) is 11.6 Å². The van der Waals surface area contributed by atoms with Crippen LogP contribution in [0.5, 0.6) is 0 Å². The fourth-order valence-corrected chi connectivity index (χ4v) is 3.95. The zero-order chi connectivity index (χ0) is 16.7. The van der Waals surface area contributed by atoms with Crippen LogP contribution in [0, 0.1) is 0 Å². The highest BCUT2D eigenvalue weighted by molar-refractivity contribution is 9.18. The molecule has 3 amide bonds. The van der Waals surface area contributed by atoms with E-state index in [-0.39, 0.29) is 0 Å². The van der Waals surface area contributed by atoms with Gasteiger partial charge in [0.2, 0.25) is 5.66 Å². The third kappa shape index (κ3) is 2.05. The van der Waals surface area contributed by atoms with Crippen molar-refractivity contribution in [2.24, 2.45) is 5.10 Å². The van der Waals surface area contributed by atoms with E-state index < -0.39 is 23.5 Å². The number of imide groups is 1. The van der Waals surface area contributed by atoms with Gasteiger partial charge < -0.3 is 5.32 Å². The van der Waals surface area contributed by atoms with E-state index in [0.717, 1.165) is 5.56 Å². The summed E-state index contributed by atoms with van der Waals surface area (Å²) < 4.78 is 0.579. The molecule has 1 saturated heterocycles. The minimum atomic E-state index is -1.33. The van der Waals surface area contributed by atoms with Crippen molar-refractivity contribution in [3.63, 3.8) is 0 Å². The highest BCUT2D eigenvalue weighted by Crippen LogP contribution is 2.44. The molecule has 2 aromatic carbocycles. The van der Waals surface area contributed by atoms with E-state index >= 15 is 0 Å². The molecule has 1 spiro atoms. The van der Waals surface area contributed by atoms with Crippen molar-refractivity contribution < 1.29 is 9.59 Å². The van der Waals surface area contributed by atoms with Crippen LogP contribution in [0.1, 0.15) is 11.5 Å². The second-order valence-corrected chi connectivity index (χ2v) is 6.40. The van der Waals surface area contributed by atoms with Gasteiger partial charge in [-0.2, -0.15) is 5.10 Å². The third-order valence-corrected chi connectivity index (χ3v) is 4.81. The molecule has 120 valence electrons. The number of carbonyl (C=O) groups excluding carboxylic acids is 2. The van der Waals surface area contributed by atoms with E-state index in [4.69, 9.17) is 0 Å². The molecule has 2 aromatic rings. The van der Waals surface area contributed by atoms with Gasteiger partial charge in [0.1, 0.15) is 4.62 Å². The molecular weight excluding hydrogens is 372 g/mol. The fourth-order valence-electron chi connectivity index (χ4n) is 3.19. The highest BCUT2D eigenvalue weighted by Gasteiger charge is 2.62. The van der Waals surface area contributed by atoms with Gasteiger partial charge in [0.25, 0.3) is 5.91 Å². The molecule has 4 rings (SSSR count). The summed E-state index contributed by atoms with van der Waals surface area (Å²) in [5.74, 6) is -0.881. The zero-order valence-electron chi connectivity index (χ0n) is 12.4. The van der Waals surface area contributed by atoms with Crippen LogP contribution in [0.3, 0.4) is 0 Å². The standard InChI is InChI=1S/C17H13BrN4O2/c18-14-13(11-7-3-1-4-8-11)17(15(23)19-16(24)20-17)22(21-14)12-9-5-2-6-10-12/h1-10,13H,(H2,19,20,23,24)/t13-,17-/m0/s1. The van der Waals surface area contributed by atoms with Crippen LogP contribution in [0.4, 0.5) is 10.5 Å². The van der Waals surface area contributed by atoms with Gasteiger partial charge in [-0.15, -0.1) is 0 Å². The topological polar surface area (TPSA) is 73.8 Å². The Morgan fingerprint density at radius 2 is 1.62 bits per heavy atom. The molecule has 24 heavy (non-hydrogen) atoms. The molecule has 2 N–H and O–H groups in total. The second kappa shape index (κ2) is 5.45. The lowest BCUT2D eigenvalue weighted by atomic mass is 9.87. The Hall–Kier alpha value is -2.67.